The summed E-state index contributed by atoms with van der Waals surface area (Å²) < 4.78 is 38.1. The average Bonchev–Trinajstić information content (AvgIpc) is 3.10. The van der Waals surface area contributed by atoms with Crippen molar-refractivity contribution in [1.29, 1.82) is 0 Å². The normalized spacial score (nSPS) is 22.3. The van der Waals surface area contributed by atoms with Gasteiger partial charge in [0.25, 0.3) is 0 Å². The van der Waals surface area contributed by atoms with E-state index in [1.807, 2.05) is 0 Å². The number of hydrogen-bond acceptors (Lipinski definition) is 4. The topological polar surface area (TPSA) is 51.6 Å². The van der Waals surface area contributed by atoms with Gasteiger partial charge in [0.2, 0.25) is 5.28 Å². The van der Waals surface area contributed by atoms with Gasteiger partial charge in [0, 0.05) is 5.92 Å². The lowest BCUT2D eigenvalue weighted by atomic mass is 10.2. The van der Waals surface area contributed by atoms with Crippen LogP contribution in [0.2, 0.25) is 5.28 Å². The number of hydrogen-bond donors (Lipinski definition) is 0. The molecule has 0 N–H and O–H groups in total. The smallest absolute Gasteiger partial charge is 0.246 e. The van der Waals surface area contributed by atoms with Crippen LogP contribution in [0.25, 0.3) is 11.2 Å². The molecule has 3 rings (SSSR count). The Morgan fingerprint density at radius 3 is 2.30 bits per heavy atom. The Morgan fingerprint density at radius 1 is 1.05 bits per heavy atom. The number of halogens is 4. The molecule has 2 heterocycles. The first-order chi connectivity index (χ1) is 9.27. The third-order valence-electron chi connectivity index (χ3n) is 3.50. The minimum Gasteiger partial charge on any atom is -0.246 e. The van der Waals surface area contributed by atoms with E-state index in [1.54, 1.807) is 13.8 Å². The van der Waals surface area contributed by atoms with E-state index in [0.29, 0.717) is 16.9 Å². The van der Waals surface area contributed by atoms with Crippen molar-refractivity contribution in [3.8, 4) is 0 Å². The molecule has 0 aliphatic heterocycles. The lowest BCUT2D eigenvalue weighted by molar-refractivity contribution is -0.148. The summed E-state index contributed by atoms with van der Waals surface area (Å²) in [5.74, 6) is -2.07. The van der Waals surface area contributed by atoms with Crippen molar-refractivity contribution in [3.63, 3.8) is 0 Å². The Balaban J connectivity index is 2.14. The molecule has 1 fully saturated rings. The Bertz CT molecular complexity index is 701. The highest BCUT2D eigenvalue weighted by molar-refractivity contribution is 6.28. The van der Waals surface area contributed by atoms with E-state index >= 15 is 0 Å². The summed E-state index contributed by atoms with van der Waals surface area (Å²) in [5.41, 5.74) is 2.12. The summed E-state index contributed by atoms with van der Waals surface area (Å²) >= 11 is 5.78. The monoisotopic (exact) mass is 302 g/mol. The van der Waals surface area contributed by atoms with Crippen molar-refractivity contribution in [1.82, 2.24) is 19.9 Å². The van der Waals surface area contributed by atoms with Crippen molar-refractivity contribution in [2.75, 3.05) is 0 Å². The Kier molecular flexibility index (Phi) is 2.86. The molecular weight excluding hydrogens is 293 g/mol. The van der Waals surface area contributed by atoms with Crippen LogP contribution >= 0.6 is 11.6 Å². The number of fused-ring (bicyclic) bond motifs is 1. The van der Waals surface area contributed by atoms with Crippen molar-refractivity contribution in [2.24, 2.45) is 5.92 Å². The molecular formula is C12H10ClF3N4. The lowest BCUT2D eigenvalue weighted by Gasteiger charge is -2.08. The third kappa shape index (κ3) is 2.19. The number of aryl methyl sites for hydroxylation is 2. The predicted molar refractivity (Wildman–Crippen MR) is 66.5 cm³/mol. The van der Waals surface area contributed by atoms with Crippen LogP contribution in [0.1, 0.15) is 29.4 Å². The van der Waals surface area contributed by atoms with Crippen LogP contribution in [0, 0.1) is 19.8 Å². The first-order valence-corrected chi connectivity index (χ1v) is 6.40. The number of aromatic nitrogens is 4. The molecule has 0 spiro atoms. The molecule has 0 radical (unpaired) electrons. The van der Waals surface area contributed by atoms with Gasteiger partial charge < -0.3 is 0 Å². The molecule has 0 bridgehead atoms. The summed E-state index contributed by atoms with van der Waals surface area (Å²) in [4.78, 5) is 16.4. The SMILES string of the molecule is Cc1nc2nc(Cl)nc([C@H]3CC3C(F)(F)F)c2nc1C. The molecule has 2 atom stereocenters. The molecule has 20 heavy (non-hydrogen) atoms. The van der Waals surface area contributed by atoms with E-state index < -0.39 is 18.0 Å². The van der Waals surface area contributed by atoms with Crippen LogP contribution in [0.5, 0.6) is 0 Å². The maximum Gasteiger partial charge on any atom is 0.392 e. The molecule has 0 saturated heterocycles. The van der Waals surface area contributed by atoms with E-state index in [4.69, 9.17) is 11.6 Å². The van der Waals surface area contributed by atoms with Gasteiger partial charge in [-0.2, -0.15) is 18.2 Å². The molecule has 0 aromatic carbocycles. The molecule has 1 aliphatic carbocycles. The highest BCUT2D eigenvalue weighted by atomic mass is 35.5. The maximum atomic E-state index is 12.7. The summed E-state index contributed by atoms with van der Waals surface area (Å²) in [6, 6.07) is 0. The largest absolute Gasteiger partial charge is 0.392 e. The fourth-order valence-electron chi connectivity index (χ4n) is 2.22. The van der Waals surface area contributed by atoms with Gasteiger partial charge in [0.1, 0.15) is 5.52 Å². The lowest BCUT2D eigenvalue weighted by Crippen LogP contribution is -2.12. The minimum atomic E-state index is -4.22. The zero-order valence-corrected chi connectivity index (χ0v) is 11.4. The van der Waals surface area contributed by atoms with E-state index in [2.05, 4.69) is 19.9 Å². The molecule has 1 aliphatic rings. The first-order valence-electron chi connectivity index (χ1n) is 6.02. The second kappa shape index (κ2) is 4.25. The van der Waals surface area contributed by atoms with Crippen LogP contribution in [0.4, 0.5) is 13.2 Å². The van der Waals surface area contributed by atoms with Crippen molar-refractivity contribution >= 4 is 22.8 Å². The fraction of sp³-hybridized carbons (Fsp3) is 0.500. The molecule has 0 amide bonds. The van der Waals surface area contributed by atoms with Crippen molar-refractivity contribution in [3.05, 3.63) is 22.4 Å². The van der Waals surface area contributed by atoms with Gasteiger partial charge in [-0.15, -0.1) is 0 Å². The summed E-state index contributed by atoms with van der Waals surface area (Å²) in [7, 11) is 0. The summed E-state index contributed by atoms with van der Waals surface area (Å²) in [5, 5.41) is -0.0992. The molecule has 106 valence electrons. The zero-order valence-electron chi connectivity index (χ0n) is 10.7. The number of alkyl halides is 3. The summed E-state index contributed by atoms with van der Waals surface area (Å²) in [6.45, 7) is 3.50. The van der Waals surface area contributed by atoms with Crippen LogP contribution in [-0.2, 0) is 0 Å². The Morgan fingerprint density at radius 2 is 1.70 bits per heavy atom. The summed E-state index contributed by atoms with van der Waals surface area (Å²) in [6.07, 6.45) is -4.21. The van der Waals surface area contributed by atoms with E-state index in [9.17, 15) is 13.2 Å². The molecule has 1 saturated carbocycles. The molecule has 2 aromatic rings. The zero-order chi connectivity index (χ0) is 14.7. The van der Waals surface area contributed by atoms with Gasteiger partial charge in [-0.25, -0.2) is 15.0 Å². The van der Waals surface area contributed by atoms with Gasteiger partial charge in [0.15, 0.2) is 5.65 Å². The van der Waals surface area contributed by atoms with Crippen molar-refractivity contribution in [2.45, 2.75) is 32.4 Å². The van der Waals surface area contributed by atoms with Crippen LogP contribution in [0.15, 0.2) is 0 Å². The predicted octanol–water partition coefficient (Wildman–Crippen LogP) is 3.36. The Hall–Kier alpha value is -1.50. The average molecular weight is 303 g/mol. The highest BCUT2D eigenvalue weighted by Gasteiger charge is 2.57. The number of nitrogens with zero attached hydrogens (tertiary/aromatic N) is 4. The van der Waals surface area contributed by atoms with Gasteiger partial charge >= 0.3 is 6.18 Å². The third-order valence-corrected chi connectivity index (χ3v) is 3.67. The van der Waals surface area contributed by atoms with Crippen LogP contribution < -0.4 is 0 Å². The maximum absolute atomic E-state index is 12.7. The Labute approximate surface area is 117 Å². The molecule has 8 heteroatoms. The number of rotatable bonds is 1. The van der Waals surface area contributed by atoms with Gasteiger partial charge in [-0.3, -0.25) is 0 Å². The second-order valence-corrected chi connectivity index (χ2v) is 5.27. The molecule has 4 nitrogen and oxygen atoms in total. The minimum absolute atomic E-state index is 0.0144. The highest BCUT2D eigenvalue weighted by Crippen LogP contribution is 2.56. The first kappa shape index (κ1) is 13.5. The van der Waals surface area contributed by atoms with E-state index in [0.717, 1.165) is 0 Å². The van der Waals surface area contributed by atoms with E-state index in [1.165, 1.54) is 0 Å². The van der Waals surface area contributed by atoms with Gasteiger partial charge in [0.05, 0.1) is 23.0 Å². The second-order valence-electron chi connectivity index (χ2n) is 4.93. The standard InChI is InChI=1S/C12H10ClF3N4/c1-4-5(2)18-10-9(17-4)8(19-11(13)20-10)6-3-7(6)12(14,15)16/h6-7H,3H2,1-2H3/t6-,7?/m0/s1. The van der Waals surface area contributed by atoms with E-state index in [-0.39, 0.29) is 23.0 Å². The quantitative estimate of drug-likeness (QED) is 0.758. The van der Waals surface area contributed by atoms with Gasteiger partial charge in [-0.1, -0.05) is 0 Å². The molecule has 1 unspecified atom stereocenters. The van der Waals surface area contributed by atoms with Crippen LogP contribution in [0.3, 0.4) is 0 Å². The van der Waals surface area contributed by atoms with Crippen LogP contribution in [-0.4, -0.2) is 26.1 Å². The fourth-order valence-corrected chi connectivity index (χ4v) is 2.39. The molecule has 2 aromatic heterocycles. The van der Waals surface area contributed by atoms with Crippen molar-refractivity contribution < 1.29 is 13.2 Å². The van der Waals surface area contributed by atoms with Gasteiger partial charge in [-0.05, 0) is 31.9 Å².